The average Bonchev–Trinajstić information content (AvgIpc) is 2.87. The lowest BCUT2D eigenvalue weighted by molar-refractivity contribution is 0.0646. The molecule has 2 bridgehead atoms. The van der Waals surface area contributed by atoms with Gasteiger partial charge < -0.3 is 19.9 Å². The number of hydrogen-bond donors (Lipinski definition) is 2. The molecule has 2 amide bonds. The van der Waals surface area contributed by atoms with E-state index < -0.39 is 70.3 Å². The molecule has 0 aliphatic carbocycles. The minimum absolute atomic E-state index is 0.153. The summed E-state index contributed by atoms with van der Waals surface area (Å²) in [6, 6.07) is 0.441. The van der Waals surface area contributed by atoms with Crippen LogP contribution < -0.4 is 10.7 Å². The summed E-state index contributed by atoms with van der Waals surface area (Å²) in [4.78, 5) is 38.9. The number of rotatable bonds is 3. The van der Waals surface area contributed by atoms with E-state index in [0.29, 0.717) is 18.6 Å². The predicted octanol–water partition coefficient (Wildman–Crippen LogP) is 2.03. The molecule has 11 heteroatoms. The fraction of sp³-hybridized carbons (Fsp3) is 0.350. The van der Waals surface area contributed by atoms with E-state index in [-0.39, 0.29) is 25.2 Å². The van der Waals surface area contributed by atoms with Crippen LogP contribution in [0, 0.1) is 17.5 Å². The van der Waals surface area contributed by atoms with Crippen LogP contribution in [0.4, 0.5) is 17.6 Å². The van der Waals surface area contributed by atoms with Crippen molar-refractivity contribution in [3.8, 4) is 5.75 Å². The third-order valence-corrected chi connectivity index (χ3v) is 5.53. The van der Waals surface area contributed by atoms with Gasteiger partial charge in [0.05, 0.1) is 12.6 Å². The molecule has 1 aromatic heterocycles. The highest BCUT2D eigenvalue weighted by molar-refractivity contribution is 5.99. The number of nitrogens with one attached hydrogen (secondary N) is 1. The van der Waals surface area contributed by atoms with E-state index in [4.69, 9.17) is 0 Å². The summed E-state index contributed by atoms with van der Waals surface area (Å²) < 4.78 is 55.8. The molecule has 1 saturated heterocycles. The van der Waals surface area contributed by atoms with Crippen molar-refractivity contribution in [3.63, 3.8) is 0 Å². The highest BCUT2D eigenvalue weighted by Gasteiger charge is 2.38. The summed E-state index contributed by atoms with van der Waals surface area (Å²) >= 11 is 0. The maximum Gasteiger partial charge on any atom is 0.274 e. The largest absolute Gasteiger partial charge is 0.503 e. The molecule has 1 unspecified atom stereocenters. The number of nitrogens with zero attached hydrogens (tertiary/aromatic N) is 2. The Balaban J connectivity index is 1.67. The molecular weight excluding hydrogens is 422 g/mol. The molecule has 7 nitrogen and oxygen atoms in total. The first-order valence-corrected chi connectivity index (χ1v) is 9.50. The van der Waals surface area contributed by atoms with Crippen molar-refractivity contribution in [2.75, 3.05) is 13.1 Å². The Morgan fingerprint density at radius 1 is 1.13 bits per heavy atom. The molecule has 0 radical (unpaired) electrons. The highest BCUT2D eigenvalue weighted by atomic mass is 19.1. The number of aromatic nitrogens is 1. The molecule has 2 aliphatic heterocycles. The SMILES string of the molecule is O=C(NCc1c(F)cc(F)cc1F)c1cn2c(c(O)c1=O)C(=O)N1CC(F)CC[C@H]2C1. The normalized spacial score (nSPS) is 20.3. The van der Waals surface area contributed by atoms with Crippen molar-refractivity contribution in [3.05, 3.63) is 62.8 Å². The molecule has 3 heterocycles. The average molecular weight is 439 g/mol. The van der Waals surface area contributed by atoms with Gasteiger partial charge in [0, 0.05) is 37.0 Å². The smallest absolute Gasteiger partial charge is 0.274 e. The lowest BCUT2D eigenvalue weighted by Crippen LogP contribution is -2.45. The number of aromatic hydroxyl groups is 1. The summed E-state index contributed by atoms with van der Waals surface area (Å²) in [6.07, 6.45) is 0.308. The van der Waals surface area contributed by atoms with Gasteiger partial charge in [-0.25, -0.2) is 17.6 Å². The van der Waals surface area contributed by atoms with Gasteiger partial charge in [0.1, 0.15) is 29.2 Å². The van der Waals surface area contributed by atoms with E-state index in [2.05, 4.69) is 5.32 Å². The van der Waals surface area contributed by atoms with Crippen LogP contribution >= 0.6 is 0 Å². The van der Waals surface area contributed by atoms with E-state index in [1.54, 1.807) is 0 Å². The quantitative estimate of drug-likeness (QED) is 0.716. The van der Waals surface area contributed by atoms with Gasteiger partial charge in [0.25, 0.3) is 11.8 Å². The molecule has 2 aliphatic rings. The molecule has 2 aromatic rings. The minimum atomic E-state index is -1.25. The number of carbonyl (C=O) groups is 2. The van der Waals surface area contributed by atoms with Gasteiger partial charge in [-0.05, 0) is 12.8 Å². The number of benzene rings is 1. The molecule has 1 aromatic carbocycles. The van der Waals surface area contributed by atoms with Gasteiger partial charge in [0.2, 0.25) is 5.43 Å². The zero-order valence-corrected chi connectivity index (χ0v) is 16.0. The predicted molar refractivity (Wildman–Crippen MR) is 98.9 cm³/mol. The summed E-state index contributed by atoms with van der Waals surface area (Å²) in [6.45, 7) is -0.681. The number of fused-ring (bicyclic) bond motifs is 4. The molecule has 2 atom stereocenters. The molecular formula is C20H17F4N3O4. The van der Waals surface area contributed by atoms with Gasteiger partial charge in [0.15, 0.2) is 11.4 Å². The van der Waals surface area contributed by atoms with Gasteiger partial charge in [-0.3, -0.25) is 14.4 Å². The maximum atomic E-state index is 13.9. The molecule has 2 N–H and O–H groups in total. The second-order valence-electron chi connectivity index (χ2n) is 7.55. The topological polar surface area (TPSA) is 91.6 Å². The Bertz CT molecular complexity index is 1130. The number of halogens is 4. The van der Waals surface area contributed by atoms with Crippen LogP contribution in [0.5, 0.6) is 5.75 Å². The van der Waals surface area contributed by atoms with Crippen molar-refractivity contribution < 1.29 is 32.3 Å². The molecule has 0 saturated carbocycles. The molecule has 1 fully saturated rings. The van der Waals surface area contributed by atoms with Crippen LogP contribution in [0.1, 0.15) is 45.3 Å². The van der Waals surface area contributed by atoms with Crippen molar-refractivity contribution >= 4 is 11.8 Å². The van der Waals surface area contributed by atoms with Crippen LogP contribution in [-0.2, 0) is 6.54 Å². The van der Waals surface area contributed by atoms with Crippen LogP contribution in [0.15, 0.2) is 23.1 Å². The summed E-state index contributed by atoms with van der Waals surface area (Å²) in [5.41, 5.74) is -2.64. The molecule has 31 heavy (non-hydrogen) atoms. The third kappa shape index (κ3) is 3.64. The van der Waals surface area contributed by atoms with Gasteiger partial charge in [-0.15, -0.1) is 0 Å². The Morgan fingerprint density at radius 3 is 2.48 bits per heavy atom. The second kappa shape index (κ2) is 7.71. The number of hydrogen-bond acceptors (Lipinski definition) is 4. The first-order valence-electron chi connectivity index (χ1n) is 9.50. The van der Waals surface area contributed by atoms with Crippen molar-refractivity contribution in [1.82, 2.24) is 14.8 Å². The fourth-order valence-corrected chi connectivity index (χ4v) is 3.95. The summed E-state index contributed by atoms with van der Waals surface area (Å²) in [5.74, 6) is -6.28. The van der Waals surface area contributed by atoms with Gasteiger partial charge in [-0.1, -0.05) is 0 Å². The molecule has 164 valence electrons. The van der Waals surface area contributed by atoms with Crippen molar-refractivity contribution in [2.45, 2.75) is 31.6 Å². The van der Waals surface area contributed by atoms with Crippen LogP contribution in [0.3, 0.4) is 0 Å². The fourth-order valence-electron chi connectivity index (χ4n) is 3.95. The maximum absolute atomic E-state index is 13.9. The van der Waals surface area contributed by atoms with E-state index >= 15 is 0 Å². The Kier molecular flexibility index (Phi) is 5.19. The number of amides is 2. The van der Waals surface area contributed by atoms with Crippen molar-refractivity contribution in [1.29, 1.82) is 0 Å². The number of pyridine rings is 1. The summed E-state index contributed by atoms with van der Waals surface area (Å²) in [5, 5.41) is 12.5. The number of carbonyl (C=O) groups excluding carboxylic acids is 2. The number of alkyl halides is 1. The van der Waals surface area contributed by atoms with Crippen molar-refractivity contribution in [2.24, 2.45) is 0 Å². The Hall–Kier alpha value is -3.37. The minimum Gasteiger partial charge on any atom is -0.503 e. The third-order valence-electron chi connectivity index (χ3n) is 5.53. The van der Waals surface area contributed by atoms with E-state index in [1.807, 2.05) is 0 Å². The van der Waals surface area contributed by atoms with Gasteiger partial charge in [-0.2, -0.15) is 0 Å². The molecule has 4 rings (SSSR count). The lowest BCUT2D eigenvalue weighted by atomic mass is 10.1. The molecule has 0 spiro atoms. The van der Waals surface area contributed by atoms with Gasteiger partial charge >= 0.3 is 0 Å². The standard InChI is InChI=1S/C20H17F4N3O4/c21-9-1-2-11-7-26(6-9)20(31)16-18(29)17(28)13(8-27(11)16)19(30)25-5-12-14(23)3-10(22)4-15(12)24/h3-4,8-9,11,29H,1-2,5-7H2,(H,25,30)/t9?,11-/m0/s1. The zero-order valence-electron chi connectivity index (χ0n) is 16.0. The first-order chi connectivity index (χ1) is 14.7. The van der Waals surface area contributed by atoms with Crippen LogP contribution in [0.2, 0.25) is 0 Å². The van der Waals surface area contributed by atoms with Crippen LogP contribution in [0.25, 0.3) is 0 Å². The lowest BCUT2D eigenvalue weighted by Gasteiger charge is -2.34. The van der Waals surface area contributed by atoms with E-state index in [0.717, 1.165) is 6.20 Å². The van der Waals surface area contributed by atoms with E-state index in [9.17, 15) is 37.1 Å². The Morgan fingerprint density at radius 2 is 1.81 bits per heavy atom. The zero-order chi connectivity index (χ0) is 22.4. The van der Waals surface area contributed by atoms with E-state index in [1.165, 1.54) is 9.47 Å². The monoisotopic (exact) mass is 439 g/mol. The second-order valence-corrected chi connectivity index (χ2v) is 7.55. The van der Waals surface area contributed by atoms with Crippen LogP contribution in [-0.4, -0.2) is 45.6 Å². The summed E-state index contributed by atoms with van der Waals surface area (Å²) in [7, 11) is 0. The highest BCUT2D eigenvalue weighted by Crippen LogP contribution is 2.32. The first kappa shape index (κ1) is 20.9. The Labute approximate surface area is 172 Å².